The van der Waals surface area contributed by atoms with Crippen LogP contribution in [0.3, 0.4) is 0 Å². The van der Waals surface area contributed by atoms with E-state index in [1.54, 1.807) is 6.92 Å². The Balaban J connectivity index is 1.63. The minimum Gasteiger partial charge on any atom is -0.435 e. The van der Waals surface area contributed by atoms with E-state index in [4.69, 9.17) is 10.7 Å². The van der Waals surface area contributed by atoms with Gasteiger partial charge < -0.3 is 20.9 Å². The fourth-order valence-electron chi connectivity index (χ4n) is 5.29. The minimum absolute atomic E-state index is 0.00867. The highest BCUT2D eigenvalue weighted by molar-refractivity contribution is 7.93. The Labute approximate surface area is 207 Å². The minimum atomic E-state index is -3.15. The van der Waals surface area contributed by atoms with E-state index in [9.17, 15) is 31.5 Å². The van der Waals surface area contributed by atoms with Crippen molar-refractivity contribution in [1.82, 2.24) is 5.32 Å². The second-order valence-corrected chi connectivity index (χ2v) is 12.1. The normalized spacial score (nSPS) is 29.6. The van der Waals surface area contributed by atoms with Crippen molar-refractivity contribution in [1.29, 1.82) is 0 Å². The highest BCUT2D eigenvalue weighted by atomic mass is 32.2. The number of amides is 1. The van der Waals surface area contributed by atoms with Crippen molar-refractivity contribution in [3.05, 3.63) is 35.2 Å². The Morgan fingerprint density at radius 2 is 2.00 bits per heavy atom. The highest BCUT2D eigenvalue weighted by Crippen LogP contribution is 2.35. The van der Waals surface area contributed by atoms with E-state index >= 15 is 0 Å². The van der Waals surface area contributed by atoms with Gasteiger partial charge in [0.2, 0.25) is 5.91 Å². The number of hydrogen-bond donors (Lipinski definition) is 3. The zero-order chi connectivity index (χ0) is 26.3. The van der Waals surface area contributed by atoms with Crippen LogP contribution in [0.1, 0.15) is 51.0 Å². The molecule has 1 aliphatic heterocycles. The van der Waals surface area contributed by atoms with Gasteiger partial charge in [-0.25, -0.2) is 12.8 Å². The molecule has 0 bridgehead atoms. The number of carbonyl (C=O) groups excluding carboxylic acids is 1. The molecular weight excluding hydrogens is 499 g/mol. The molecule has 4 N–H and O–H groups in total. The molecule has 4 rings (SSSR count). The molecule has 0 spiro atoms. The molecule has 1 heterocycles. The number of halogens is 3. The summed E-state index contributed by atoms with van der Waals surface area (Å²) in [5, 5.41) is 13.1. The largest absolute Gasteiger partial charge is 0.435 e. The standard InChI is InChI=1S/C24H30F3N3O5S/c1-24(11-36(33,34)12-24)30-22(32)13-5-7-15(19(9-13)29-18-3-2-4-20(18)31)21(28)16-10-14(35-23(26)27)6-8-17(16)25/h6,8,10,13,18,20,23,31H,2-5,7,9,11-12,28H2,1H3,(H,30,32)/b21-15-,29-19?/t13-,18?,20?/m1/s1. The molecule has 1 saturated heterocycles. The summed E-state index contributed by atoms with van der Waals surface area (Å²) >= 11 is 0. The van der Waals surface area contributed by atoms with E-state index in [-0.39, 0.29) is 47.3 Å². The molecule has 12 heteroatoms. The van der Waals surface area contributed by atoms with Crippen molar-refractivity contribution < 1.29 is 36.2 Å². The summed E-state index contributed by atoms with van der Waals surface area (Å²) in [6.07, 6.45) is 2.17. The van der Waals surface area contributed by atoms with Gasteiger partial charge in [0.1, 0.15) is 11.6 Å². The molecule has 3 aliphatic rings. The van der Waals surface area contributed by atoms with Crippen molar-refractivity contribution in [2.45, 2.75) is 69.7 Å². The lowest BCUT2D eigenvalue weighted by atomic mass is 9.81. The second kappa shape index (κ2) is 10.0. The first-order chi connectivity index (χ1) is 16.9. The van der Waals surface area contributed by atoms with Gasteiger partial charge in [-0.05, 0) is 62.8 Å². The first kappa shape index (κ1) is 26.5. The zero-order valence-corrected chi connectivity index (χ0v) is 20.7. The first-order valence-corrected chi connectivity index (χ1v) is 13.7. The maximum absolute atomic E-state index is 14.7. The fraction of sp³-hybridized carbons (Fsp3) is 0.583. The van der Waals surface area contributed by atoms with E-state index in [0.29, 0.717) is 30.5 Å². The maximum atomic E-state index is 14.7. The fourth-order valence-corrected chi connectivity index (χ4v) is 7.29. The van der Waals surface area contributed by atoms with Gasteiger partial charge in [0, 0.05) is 29.3 Å². The number of nitrogens with one attached hydrogen (secondary N) is 1. The third kappa shape index (κ3) is 5.86. The molecule has 1 aromatic rings. The highest BCUT2D eigenvalue weighted by Gasteiger charge is 2.46. The molecule has 0 radical (unpaired) electrons. The first-order valence-electron chi connectivity index (χ1n) is 11.9. The molecule has 198 valence electrons. The molecule has 36 heavy (non-hydrogen) atoms. The summed E-state index contributed by atoms with van der Waals surface area (Å²) in [7, 11) is -3.15. The van der Waals surface area contributed by atoms with Crippen LogP contribution >= 0.6 is 0 Å². The van der Waals surface area contributed by atoms with Gasteiger partial charge in [-0.2, -0.15) is 8.78 Å². The molecule has 0 aromatic heterocycles. The molecule has 1 aromatic carbocycles. The number of rotatable bonds is 6. The van der Waals surface area contributed by atoms with Crippen LogP contribution in [0.15, 0.2) is 28.8 Å². The van der Waals surface area contributed by atoms with Crippen LogP contribution in [0, 0.1) is 11.7 Å². The van der Waals surface area contributed by atoms with Gasteiger partial charge in [-0.1, -0.05) is 0 Å². The van der Waals surface area contributed by atoms with E-state index in [1.807, 2.05) is 0 Å². The number of aliphatic hydroxyl groups is 1. The number of nitrogens with zero attached hydrogens (tertiary/aromatic N) is 1. The van der Waals surface area contributed by atoms with Gasteiger partial charge in [0.25, 0.3) is 0 Å². The zero-order valence-electron chi connectivity index (χ0n) is 19.8. The van der Waals surface area contributed by atoms with Crippen molar-refractivity contribution in [3.63, 3.8) is 0 Å². The Morgan fingerprint density at radius 3 is 2.61 bits per heavy atom. The summed E-state index contributed by atoms with van der Waals surface area (Å²) < 4.78 is 67.6. The third-order valence-corrected chi connectivity index (χ3v) is 9.10. The number of allylic oxidation sites excluding steroid dienone is 1. The summed E-state index contributed by atoms with van der Waals surface area (Å²) in [6.45, 7) is -1.40. The van der Waals surface area contributed by atoms with Gasteiger partial charge >= 0.3 is 6.61 Å². The maximum Gasteiger partial charge on any atom is 0.387 e. The molecular formula is C24H30F3N3O5S. The van der Waals surface area contributed by atoms with E-state index in [1.165, 1.54) is 0 Å². The molecule has 1 amide bonds. The van der Waals surface area contributed by atoms with Crippen LogP contribution in [0.4, 0.5) is 13.2 Å². The SMILES string of the molecule is CC1(NC(=O)[C@@H]2CC/C(=C(/N)c3cc(OC(F)F)ccc3F)C(=NC3CCCC3O)C2)CS(=O)(=O)C1. The van der Waals surface area contributed by atoms with Gasteiger partial charge in [0.05, 0.1) is 29.2 Å². The number of aliphatic imine (C=N–C) groups is 1. The summed E-state index contributed by atoms with van der Waals surface area (Å²) in [5.41, 5.74) is 6.36. The van der Waals surface area contributed by atoms with Crippen LogP contribution in [0.2, 0.25) is 0 Å². The number of benzene rings is 1. The predicted octanol–water partition coefficient (Wildman–Crippen LogP) is 2.55. The van der Waals surface area contributed by atoms with Crippen molar-refractivity contribution in [2.75, 3.05) is 11.5 Å². The lowest BCUT2D eigenvalue weighted by molar-refractivity contribution is -0.126. The Hall–Kier alpha value is -2.60. The topological polar surface area (TPSA) is 131 Å². The van der Waals surface area contributed by atoms with E-state index in [2.05, 4.69) is 10.1 Å². The number of ether oxygens (including phenoxy) is 1. The number of alkyl halides is 2. The molecule has 2 unspecified atom stereocenters. The molecule has 3 atom stereocenters. The monoisotopic (exact) mass is 529 g/mol. The lowest BCUT2D eigenvalue weighted by Gasteiger charge is -2.40. The summed E-state index contributed by atoms with van der Waals surface area (Å²) in [5.74, 6) is -2.03. The van der Waals surface area contributed by atoms with E-state index in [0.717, 1.165) is 24.6 Å². The van der Waals surface area contributed by atoms with Crippen molar-refractivity contribution >= 4 is 27.2 Å². The van der Waals surface area contributed by atoms with Crippen LogP contribution in [-0.2, 0) is 14.6 Å². The molecule has 2 saturated carbocycles. The number of carbonyl (C=O) groups is 1. The summed E-state index contributed by atoms with van der Waals surface area (Å²) in [6, 6.07) is 2.78. The smallest absolute Gasteiger partial charge is 0.387 e. The Bertz CT molecular complexity index is 1190. The van der Waals surface area contributed by atoms with E-state index < -0.39 is 45.9 Å². The quantitative estimate of drug-likeness (QED) is 0.519. The number of aliphatic hydroxyl groups excluding tert-OH is 1. The van der Waals surface area contributed by atoms with Crippen LogP contribution in [-0.4, -0.2) is 60.9 Å². The molecule has 8 nitrogen and oxygen atoms in total. The Kier molecular flexibility index (Phi) is 7.38. The number of hydrogen-bond acceptors (Lipinski definition) is 7. The average Bonchev–Trinajstić information content (AvgIpc) is 3.17. The van der Waals surface area contributed by atoms with Gasteiger partial charge in [-0.15, -0.1) is 0 Å². The van der Waals surface area contributed by atoms with Gasteiger partial charge in [0.15, 0.2) is 9.84 Å². The molecule has 2 aliphatic carbocycles. The third-order valence-electron chi connectivity index (χ3n) is 6.95. The number of nitrogens with two attached hydrogens (primary N) is 1. The molecule has 3 fully saturated rings. The predicted molar refractivity (Wildman–Crippen MR) is 128 cm³/mol. The lowest BCUT2D eigenvalue weighted by Crippen LogP contribution is -2.64. The van der Waals surface area contributed by atoms with Gasteiger partial charge in [-0.3, -0.25) is 9.79 Å². The van der Waals surface area contributed by atoms with Crippen LogP contribution in [0.25, 0.3) is 5.70 Å². The van der Waals surface area contributed by atoms with Crippen LogP contribution < -0.4 is 15.8 Å². The van der Waals surface area contributed by atoms with Crippen molar-refractivity contribution in [3.8, 4) is 5.75 Å². The average molecular weight is 530 g/mol. The summed E-state index contributed by atoms with van der Waals surface area (Å²) in [4.78, 5) is 17.7. The number of sulfone groups is 1. The Morgan fingerprint density at radius 1 is 1.28 bits per heavy atom. The second-order valence-electron chi connectivity index (χ2n) is 10.1. The van der Waals surface area contributed by atoms with Crippen LogP contribution in [0.5, 0.6) is 5.75 Å². The van der Waals surface area contributed by atoms with Crippen molar-refractivity contribution in [2.24, 2.45) is 16.6 Å².